The number of benzene rings is 2. The van der Waals surface area contributed by atoms with Crippen LogP contribution in [0.3, 0.4) is 0 Å². The van der Waals surface area contributed by atoms with Gasteiger partial charge in [0.15, 0.2) is 5.96 Å². The van der Waals surface area contributed by atoms with Crippen molar-refractivity contribution in [3.63, 3.8) is 0 Å². The Labute approximate surface area is 292 Å². The van der Waals surface area contributed by atoms with E-state index in [9.17, 15) is 19.2 Å². The Bertz CT molecular complexity index is 1690. The van der Waals surface area contributed by atoms with Gasteiger partial charge in [0.1, 0.15) is 30.5 Å². The van der Waals surface area contributed by atoms with Crippen LogP contribution in [0.2, 0.25) is 0 Å². The number of hydrogen-bond donors (Lipinski definition) is 7. The molecule has 0 unspecified atom stereocenters. The molecule has 260 valence electrons. The average Bonchev–Trinajstić information content (AvgIpc) is 3.71. The second-order valence-electron chi connectivity index (χ2n) is 11.3. The summed E-state index contributed by atoms with van der Waals surface area (Å²) in [6.45, 7) is 1.00. The van der Waals surface area contributed by atoms with E-state index in [0.717, 1.165) is 15.0 Å². The Morgan fingerprint density at radius 2 is 1.51 bits per heavy atom. The maximum absolute atomic E-state index is 13.7. The zero-order valence-corrected chi connectivity index (χ0v) is 28.6. The zero-order valence-electron chi connectivity index (χ0n) is 26.9. The predicted molar refractivity (Wildman–Crippen MR) is 193 cm³/mol. The predicted octanol–water partition coefficient (Wildman–Crippen LogP) is 2.65. The summed E-state index contributed by atoms with van der Waals surface area (Å²) < 4.78 is 6.83. The second-order valence-corrected chi connectivity index (χ2v) is 13.5. The molecule has 4 aromatic rings. The number of carbonyl (C=O) groups is 4. The Hall–Kier alpha value is -4.99. The van der Waals surface area contributed by atoms with Crippen molar-refractivity contribution in [1.82, 2.24) is 16.0 Å². The second kappa shape index (κ2) is 18.5. The molecule has 2 heterocycles. The third-order valence-corrected chi connectivity index (χ3v) is 9.76. The van der Waals surface area contributed by atoms with Crippen molar-refractivity contribution < 1.29 is 23.9 Å². The monoisotopic (exact) mass is 706 g/mol. The van der Waals surface area contributed by atoms with Crippen LogP contribution in [0.4, 0.5) is 0 Å². The van der Waals surface area contributed by atoms with Crippen LogP contribution in [0.1, 0.15) is 58.9 Å². The number of unbranched alkanes of at least 4 members (excludes halogenated alkanes) is 1. The lowest BCUT2D eigenvalue weighted by molar-refractivity contribution is -0.132. The summed E-state index contributed by atoms with van der Waals surface area (Å²) in [5.41, 5.74) is 23.7. The van der Waals surface area contributed by atoms with E-state index in [0.29, 0.717) is 48.6 Å². The molecular weight excluding hydrogens is 665 g/mol. The molecule has 4 rings (SSSR count). The molecule has 0 saturated heterocycles. The zero-order chi connectivity index (χ0) is 35.2. The Balaban J connectivity index is 1.45. The number of nitrogens with two attached hydrogens (primary N) is 4. The number of fused-ring (bicyclic) bond motifs is 1. The number of primary amides is 1. The highest BCUT2D eigenvalue weighted by atomic mass is 32.2. The highest BCUT2D eigenvalue weighted by Crippen LogP contribution is 2.30. The minimum atomic E-state index is -1.17. The molecule has 0 aliphatic rings. The van der Waals surface area contributed by atoms with Gasteiger partial charge in [0.25, 0.3) is 5.91 Å². The fourth-order valence-corrected chi connectivity index (χ4v) is 6.98. The number of nitrogens with one attached hydrogen (secondary N) is 3. The highest BCUT2D eigenvalue weighted by Gasteiger charge is 2.30. The number of amides is 4. The Morgan fingerprint density at radius 3 is 2.18 bits per heavy atom. The van der Waals surface area contributed by atoms with E-state index >= 15 is 0 Å². The SMILES string of the molecule is NCCCC[C@H](NC(=O)[C@H](CCCN=C(N)N)NC(=O)c1cc2ccsc2s1)C(=O)N[C@@H](C(N)=O)c1ccc(OCc2ccccc2)cc1. The molecule has 2 aromatic heterocycles. The van der Waals surface area contributed by atoms with Crippen molar-refractivity contribution >= 4 is 61.7 Å². The van der Waals surface area contributed by atoms with Crippen LogP contribution in [0.5, 0.6) is 5.75 Å². The molecule has 0 radical (unpaired) electrons. The maximum Gasteiger partial charge on any atom is 0.262 e. The molecule has 0 saturated carbocycles. The molecule has 3 atom stereocenters. The first-order valence-corrected chi connectivity index (χ1v) is 17.5. The molecule has 49 heavy (non-hydrogen) atoms. The van der Waals surface area contributed by atoms with E-state index in [1.165, 1.54) is 22.7 Å². The summed E-state index contributed by atoms with van der Waals surface area (Å²) >= 11 is 2.86. The Kier molecular flexibility index (Phi) is 13.9. The van der Waals surface area contributed by atoms with Crippen LogP contribution in [0.15, 0.2) is 77.1 Å². The first-order valence-electron chi connectivity index (χ1n) is 15.8. The third-order valence-electron chi connectivity index (χ3n) is 7.55. The lowest BCUT2D eigenvalue weighted by Crippen LogP contribution is -2.54. The average molecular weight is 707 g/mol. The molecular formula is C34H42N8O5S2. The molecule has 0 aliphatic heterocycles. The van der Waals surface area contributed by atoms with Crippen molar-refractivity contribution in [3.8, 4) is 5.75 Å². The number of aliphatic imine (C=N–C) groups is 1. The maximum atomic E-state index is 13.7. The van der Waals surface area contributed by atoms with Gasteiger partial charge < -0.3 is 43.6 Å². The lowest BCUT2D eigenvalue weighted by atomic mass is 10.0. The third kappa shape index (κ3) is 11.3. The standard InChI is InChI=1S/C34H42N8O5S2/c35-16-5-4-9-25(31(45)42-28(29(36)43)22-11-13-24(14-12-22)47-20-21-7-2-1-3-8-21)40-30(44)26(10-6-17-39-34(37)38)41-32(46)27-19-23-15-18-48-33(23)49-27/h1-3,7-8,11-15,18-19,25-26,28H,4-6,9-10,16-17,20,35H2,(H2,36,43)(H,40,44)(H,41,46)(H,42,45)(H4,37,38,39)/t25-,26-,28+/m0/s1. The number of guanidine groups is 1. The minimum absolute atomic E-state index is 0.0845. The normalized spacial score (nSPS) is 12.8. The summed E-state index contributed by atoms with van der Waals surface area (Å²) in [5.74, 6) is -1.88. The molecule has 0 bridgehead atoms. The number of rotatable bonds is 19. The number of carbonyl (C=O) groups excluding carboxylic acids is 4. The molecule has 0 spiro atoms. The van der Waals surface area contributed by atoms with E-state index in [1.54, 1.807) is 30.3 Å². The van der Waals surface area contributed by atoms with Crippen molar-refractivity contribution in [2.45, 2.75) is 56.8 Å². The van der Waals surface area contributed by atoms with Gasteiger partial charge in [-0.2, -0.15) is 0 Å². The topological polar surface area (TPSA) is 230 Å². The fraction of sp³-hybridized carbons (Fsp3) is 0.324. The summed E-state index contributed by atoms with van der Waals surface area (Å²) in [5, 5.41) is 11.2. The van der Waals surface area contributed by atoms with Gasteiger partial charge in [0.05, 0.1) is 8.89 Å². The van der Waals surface area contributed by atoms with Gasteiger partial charge in [0.2, 0.25) is 17.7 Å². The largest absolute Gasteiger partial charge is 0.489 e. The summed E-state index contributed by atoms with van der Waals surface area (Å²) in [6.07, 6.45) is 1.96. The molecule has 0 aliphatic carbocycles. The van der Waals surface area contributed by atoms with Crippen LogP contribution >= 0.6 is 22.7 Å². The lowest BCUT2D eigenvalue weighted by Gasteiger charge is -2.25. The van der Waals surface area contributed by atoms with Crippen molar-refractivity contribution in [2.75, 3.05) is 13.1 Å². The van der Waals surface area contributed by atoms with Gasteiger partial charge >= 0.3 is 0 Å². The van der Waals surface area contributed by atoms with E-state index < -0.39 is 41.8 Å². The summed E-state index contributed by atoms with van der Waals surface area (Å²) in [7, 11) is 0. The van der Waals surface area contributed by atoms with Gasteiger partial charge in [-0.05, 0) is 79.4 Å². The van der Waals surface area contributed by atoms with Crippen molar-refractivity contribution in [1.29, 1.82) is 0 Å². The number of thiophene rings is 2. The smallest absolute Gasteiger partial charge is 0.262 e. The van der Waals surface area contributed by atoms with E-state index in [-0.39, 0.29) is 25.3 Å². The van der Waals surface area contributed by atoms with Crippen LogP contribution in [0.25, 0.3) is 9.40 Å². The van der Waals surface area contributed by atoms with Crippen LogP contribution in [-0.2, 0) is 21.0 Å². The van der Waals surface area contributed by atoms with E-state index in [1.807, 2.05) is 41.8 Å². The first kappa shape index (κ1) is 36.8. The van der Waals surface area contributed by atoms with Crippen molar-refractivity contribution in [2.24, 2.45) is 27.9 Å². The minimum Gasteiger partial charge on any atom is -0.489 e. The van der Waals surface area contributed by atoms with Crippen LogP contribution in [-0.4, -0.2) is 54.8 Å². The van der Waals surface area contributed by atoms with E-state index in [2.05, 4.69) is 20.9 Å². The molecule has 2 aromatic carbocycles. The van der Waals surface area contributed by atoms with Gasteiger partial charge in [0, 0.05) is 11.9 Å². The number of hydrogen-bond acceptors (Lipinski definition) is 9. The molecule has 15 heteroatoms. The van der Waals surface area contributed by atoms with Gasteiger partial charge in [-0.3, -0.25) is 24.2 Å². The summed E-state index contributed by atoms with van der Waals surface area (Å²) in [6, 6.07) is 16.8. The molecule has 4 amide bonds. The molecule has 0 fully saturated rings. The number of ether oxygens (including phenoxy) is 1. The van der Waals surface area contributed by atoms with Gasteiger partial charge in [-0.25, -0.2) is 0 Å². The van der Waals surface area contributed by atoms with Gasteiger partial charge in [-0.1, -0.05) is 42.5 Å². The van der Waals surface area contributed by atoms with Crippen LogP contribution in [0, 0.1) is 0 Å². The van der Waals surface area contributed by atoms with Gasteiger partial charge in [-0.15, -0.1) is 22.7 Å². The van der Waals surface area contributed by atoms with Crippen LogP contribution < -0.4 is 43.6 Å². The molecule has 11 N–H and O–H groups in total. The number of nitrogens with zero attached hydrogens (tertiary/aromatic N) is 1. The molecule has 13 nitrogen and oxygen atoms in total. The highest BCUT2D eigenvalue weighted by molar-refractivity contribution is 7.38. The van der Waals surface area contributed by atoms with Crippen molar-refractivity contribution in [3.05, 3.63) is 88.1 Å². The Morgan fingerprint density at radius 1 is 0.816 bits per heavy atom. The van der Waals surface area contributed by atoms with E-state index in [4.69, 9.17) is 27.7 Å². The first-order chi connectivity index (χ1) is 23.6. The summed E-state index contributed by atoms with van der Waals surface area (Å²) in [4.78, 5) is 57.5. The fourth-order valence-electron chi connectivity index (χ4n) is 4.97. The quantitative estimate of drug-likeness (QED) is 0.0434.